The molecule has 0 saturated heterocycles. The van der Waals surface area contributed by atoms with Gasteiger partial charge in [-0.1, -0.05) is 0 Å². The lowest BCUT2D eigenvalue weighted by molar-refractivity contribution is 0.581. The van der Waals surface area contributed by atoms with Gasteiger partial charge in [-0.25, -0.2) is 0 Å². The van der Waals surface area contributed by atoms with Crippen molar-refractivity contribution < 1.29 is 9.68 Å². The Bertz CT molecular complexity index is 153. The maximum Gasteiger partial charge on any atom is 0.428 e. The average Bonchev–Trinajstić information content (AvgIpc) is 1.97. The van der Waals surface area contributed by atoms with E-state index in [2.05, 4.69) is 9.56 Å². The molecule has 0 rings (SSSR count). The van der Waals surface area contributed by atoms with Crippen molar-refractivity contribution in [2.75, 3.05) is 6.26 Å². The summed E-state index contributed by atoms with van der Waals surface area (Å²) < 4.78 is 4.67. The highest BCUT2D eigenvalue weighted by Gasteiger charge is 2.05. The summed E-state index contributed by atoms with van der Waals surface area (Å²) in [6.45, 7) is 1.57. The number of hydrogen-bond acceptors (Lipinski definition) is 5. The second kappa shape index (κ2) is 6.30. The molecule has 0 aliphatic heterocycles. The maximum atomic E-state index is 8.84. The first-order chi connectivity index (χ1) is 5.20. The summed E-state index contributed by atoms with van der Waals surface area (Å²) in [5.41, 5.74) is 0. The summed E-state index contributed by atoms with van der Waals surface area (Å²) in [7, 11) is -0.443. The Kier molecular flexibility index (Phi) is 6.06. The highest BCUT2D eigenvalue weighted by molar-refractivity contribution is 8.16. The molecule has 11 heavy (non-hydrogen) atoms. The van der Waals surface area contributed by atoms with Gasteiger partial charge < -0.3 is 14.6 Å². The lowest BCUT2D eigenvalue weighted by atomic mass is 9.89. The first kappa shape index (κ1) is 10.6. The Morgan fingerprint density at radius 3 is 2.91 bits per heavy atom. The van der Waals surface area contributed by atoms with E-state index in [9.17, 15) is 0 Å². The van der Waals surface area contributed by atoms with Gasteiger partial charge in [-0.3, -0.25) is 5.41 Å². The predicted octanol–water partition coefficient (Wildman–Crippen LogP) is -0.209. The lowest BCUT2D eigenvalue weighted by Gasteiger charge is -2.00. The van der Waals surface area contributed by atoms with Gasteiger partial charge in [0.15, 0.2) is 0 Å². The van der Waals surface area contributed by atoms with Crippen LogP contribution < -0.4 is 0 Å². The molecule has 0 atom stereocenters. The maximum absolute atomic E-state index is 8.84. The van der Waals surface area contributed by atoms with Crippen molar-refractivity contribution in [3.8, 4) is 0 Å². The van der Waals surface area contributed by atoms with Gasteiger partial charge >= 0.3 is 14.5 Å². The fourth-order valence-corrected chi connectivity index (χ4v) is 0.914. The monoisotopic (exact) mass is 172 g/mol. The molecule has 4 nitrogen and oxygen atoms in total. The van der Waals surface area contributed by atoms with E-state index in [1.54, 1.807) is 6.82 Å². The molecular weight excluding hydrogens is 162 g/mol. The second-order valence-corrected chi connectivity index (χ2v) is 2.67. The molecule has 0 radical (unpaired) electrons. The molecular formula is C4H10B2N2O2S. The minimum absolute atomic E-state index is 0.259. The summed E-state index contributed by atoms with van der Waals surface area (Å²) >= 11 is 1.40. The number of nitrogens with zero attached hydrogens (tertiary/aromatic N) is 1. The fraction of sp³-hybridized carbons (Fsp3) is 0.500. The van der Waals surface area contributed by atoms with E-state index in [1.807, 2.05) is 6.26 Å². The molecule has 0 bridgehead atoms. The summed E-state index contributed by atoms with van der Waals surface area (Å²) in [5.74, 6) is 0. The van der Waals surface area contributed by atoms with Crippen LogP contribution in [0.5, 0.6) is 0 Å². The van der Waals surface area contributed by atoms with Crippen LogP contribution in [0.3, 0.4) is 0 Å². The summed E-state index contributed by atoms with van der Waals surface area (Å²) in [6.07, 6.45) is 2.70. The zero-order valence-electron chi connectivity index (χ0n) is 6.57. The number of nitrogens with one attached hydrogen (secondary N) is 1. The highest BCUT2D eigenvalue weighted by atomic mass is 32.2. The van der Waals surface area contributed by atoms with Crippen molar-refractivity contribution in [3.63, 3.8) is 0 Å². The van der Waals surface area contributed by atoms with Gasteiger partial charge in [0.1, 0.15) is 6.40 Å². The van der Waals surface area contributed by atoms with Crippen molar-refractivity contribution in [3.05, 3.63) is 0 Å². The quantitative estimate of drug-likeness (QED) is 0.350. The SMILES string of the molecule is CS/C(BOC=N)=N\B(C)O. The zero-order valence-corrected chi connectivity index (χ0v) is 7.39. The minimum Gasteiger partial charge on any atom is -0.549 e. The Morgan fingerprint density at radius 1 is 1.91 bits per heavy atom. The molecule has 2 N–H and O–H groups in total. The van der Waals surface area contributed by atoms with Crippen molar-refractivity contribution in [1.82, 2.24) is 0 Å². The van der Waals surface area contributed by atoms with Crippen LogP contribution >= 0.6 is 11.8 Å². The van der Waals surface area contributed by atoms with Gasteiger partial charge in [0, 0.05) is 0 Å². The zero-order chi connectivity index (χ0) is 8.69. The molecule has 0 aromatic rings. The molecule has 0 aromatic carbocycles. The molecule has 0 aromatic heterocycles. The van der Waals surface area contributed by atoms with Crippen LogP contribution in [-0.4, -0.2) is 37.2 Å². The first-order valence-corrected chi connectivity index (χ1v) is 4.32. The van der Waals surface area contributed by atoms with Crippen LogP contribution in [0.15, 0.2) is 4.90 Å². The molecule has 0 aliphatic rings. The van der Waals surface area contributed by atoms with E-state index in [1.165, 1.54) is 11.8 Å². The molecule has 0 saturated carbocycles. The summed E-state index contributed by atoms with van der Waals surface area (Å²) in [4.78, 5) is 4.52. The van der Waals surface area contributed by atoms with Crippen molar-refractivity contribution in [1.29, 1.82) is 5.41 Å². The van der Waals surface area contributed by atoms with Gasteiger partial charge in [-0.05, 0) is 13.1 Å². The van der Waals surface area contributed by atoms with Gasteiger partial charge in [-0.2, -0.15) is 0 Å². The Morgan fingerprint density at radius 2 is 2.55 bits per heavy atom. The smallest absolute Gasteiger partial charge is 0.428 e. The van der Waals surface area contributed by atoms with E-state index in [0.29, 0.717) is 4.94 Å². The van der Waals surface area contributed by atoms with E-state index >= 15 is 0 Å². The van der Waals surface area contributed by atoms with E-state index in [0.717, 1.165) is 6.40 Å². The third-order valence-electron chi connectivity index (χ3n) is 0.857. The van der Waals surface area contributed by atoms with Gasteiger partial charge in [0.2, 0.25) is 0 Å². The number of rotatable bonds is 4. The van der Waals surface area contributed by atoms with Gasteiger partial charge in [0.05, 0.1) is 4.94 Å². The van der Waals surface area contributed by atoms with Gasteiger partial charge in [0.25, 0.3) is 0 Å². The molecule has 60 valence electrons. The van der Waals surface area contributed by atoms with E-state index in [4.69, 9.17) is 10.4 Å². The van der Waals surface area contributed by atoms with Crippen LogP contribution in [0.2, 0.25) is 6.82 Å². The third kappa shape index (κ3) is 6.00. The topological polar surface area (TPSA) is 65.7 Å². The Balaban J connectivity index is 3.83. The second-order valence-electron chi connectivity index (χ2n) is 1.79. The third-order valence-corrected chi connectivity index (χ3v) is 1.55. The predicted molar refractivity (Wildman–Crippen MR) is 51.8 cm³/mol. The first-order valence-electron chi connectivity index (χ1n) is 3.10. The normalized spacial score (nSPS) is 10.6. The number of hydrogen-bond donors (Lipinski definition) is 2. The van der Waals surface area contributed by atoms with Crippen LogP contribution in [0.1, 0.15) is 0 Å². The summed E-state index contributed by atoms with van der Waals surface area (Å²) in [5, 5.41) is 15.4. The standard InChI is InChI=1S/C4H10B2N2O2S/c1-6(9)8-4(11-2)5-10-3-7/h3,5,7,9H,1-2H3/b7-3?,8-4-. The molecule has 0 unspecified atom stereocenters. The largest absolute Gasteiger partial charge is 0.549 e. The Labute approximate surface area is 71.3 Å². The minimum atomic E-state index is -0.702. The lowest BCUT2D eigenvalue weighted by Crippen LogP contribution is -2.13. The van der Waals surface area contributed by atoms with Crippen LogP contribution in [0.25, 0.3) is 0 Å². The fourth-order valence-electron chi connectivity index (χ4n) is 0.470. The van der Waals surface area contributed by atoms with Crippen LogP contribution in [-0.2, 0) is 4.65 Å². The molecule has 0 aliphatic carbocycles. The van der Waals surface area contributed by atoms with Crippen LogP contribution in [0.4, 0.5) is 0 Å². The highest BCUT2D eigenvalue weighted by Crippen LogP contribution is 1.97. The summed E-state index contributed by atoms with van der Waals surface area (Å²) in [6, 6.07) is 0. The average molecular weight is 172 g/mol. The Hall–Kier alpha value is -0.420. The van der Waals surface area contributed by atoms with Crippen molar-refractivity contribution in [2.24, 2.45) is 4.90 Å². The molecule has 0 amide bonds. The molecule has 7 heteroatoms. The molecule has 0 heterocycles. The molecule has 0 fully saturated rings. The van der Waals surface area contributed by atoms with Crippen molar-refractivity contribution >= 4 is 37.6 Å². The van der Waals surface area contributed by atoms with Gasteiger partial charge in [-0.15, -0.1) is 11.8 Å². The van der Waals surface area contributed by atoms with E-state index < -0.39 is 7.05 Å². The van der Waals surface area contributed by atoms with E-state index in [-0.39, 0.29) is 7.48 Å². The molecule has 0 spiro atoms. The van der Waals surface area contributed by atoms with Crippen molar-refractivity contribution in [2.45, 2.75) is 6.82 Å². The number of thioether (sulfide) groups is 1. The van der Waals surface area contributed by atoms with Crippen LogP contribution in [0, 0.1) is 5.41 Å².